The normalized spacial score (nSPS) is 12.7. The van der Waals surface area contributed by atoms with Crippen LogP contribution in [0.1, 0.15) is 31.0 Å². The lowest BCUT2D eigenvalue weighted by atomic mass is 9.81. The van der Waals surface area contributed by atoms with Gasteiger partial charge in [-0.15, -0.1) is 0 Å². The molecule has 0 heterocycles. The van der Waals surface area contributed by atoms with Crippen molar-refractivity contribution in [3.8, 4) is 17.6 Å². The lowest BCUT2D eigenvalue weighted by Gasteiger charge is -2.29. The fourth-order valence-electron chi connectivity index (χ4n) is 2.27. The second kappa shape index (κ2) is 5.94. The lowest BCUT2D eigenvalue weighted by molar-refractivity contribution is 0.323. The molecule has 4 heteroatoms. The molecule has 1 aromatic carbocycles. The maximum Gasteiger partial charge on any atom is 0.124 e. The SMILES string of the molecule is CNC(c1cc(OC)c(C)cc1OC)C(C)(C)C#N. The summed E-state index contributed by atoms with van der Waals surface area (Å²) in [5.74, 6) is 1.56. The Hall–Kier alpha value is -1.73. The van der Waals surface area contributed by atoms with Crippen molar-refractivity contribution in [3.05, 3.63) is 23.3 Å². The van der Waals surface area contributed by atoms with Crippen LogP contribution in [0, 0.1) is 23.7 Å². The maximum atomic E-state index is 9.34. The third-order valence-electron chi connectivity index (χ3n) is 3.36. The van der Waals surface area contributed by atoms with Gasteiger partial charge in [0.05, 0.1) is 31.7 Å². The van der Waals surface area contributed by atoms with Gasteiger partial charge in [-0.05, 0) is 45.5 Å². The van der Waals surface area contributed by atoms with Crippen LogP contribution in [0.5, 0.6) is 11.5 Å². The second-order valence-corrected chi connectivity index (χ2v) is 5.12. The topological polar surface area (TPSA) is 54.3 Å². The lowest BCUT2D eigenvalue weighted by Crippen LogP contribution is -2.31. The first-order chi connectivity index (χ1) is 8.91. The van der Waals surface area contributed by atoms with Crippen molar-refractivity contribution in [1.82, 2.24) is 5.32 Å². The Bertz CT molecular complexity index is 490. The van der Waals surface area contributed by atoms with Crippen LogP contribution in [0.25, 0.3) is 0 Å². The molecule has 1 unspecified atom stereocenters. The Kier molecular flexibility index (Phi) is 4.79. The van der Waals surface area contributed by atoms with E-state index in [1.54, 1.807) is 14.2 Å². The molecule has 0 fully saturated rings. The molecule has 0 aliphatic rings. The fraction of sp³-hybridized carbons (Fsp3) is 0.533. The smallest absolute Gasteiger partial charge is 0.124 e. The Balaban J connectivity index is 3.42. The molecule has 4 nitrogen and oxygen atoms in total. The Morgan fingerprint density at radius 3 is 2.21 bits per heavy atom. The minimum absolute atomic E-state index is 0.137. The quantitative estimate of drug-likeness (QED) is 0.886. The van der Waals surface area contributed by atoms with Crippen molar-refractivity contribution >= 4 is 0 Å². The zero-order chi connectivity index (χ0) is 14.6. The van der Waals surface area contributed by atoms with Gasteiger partial charge in [0.1, 0.15) is 11.5 Å². The molecular weight excluding hydrogens is 240 g/mol. The number of methoxy groups -OCH3 is 2. The molecule has 0 aliphatic carbocycles. The summed E-state index contributed by atoms with van der Waals surface area (Å²) >= 11 is 0. The highest BCUT2D eigenvalue weighted by molar-refractivity contribution is 5.48. The summed E-state index contributed by atoms with van der Waals surface area (Å²) < 4.78 is 10.8. The number of hydrogen-bond acceptors (Lipinski definition) is 4. The highest BCUT2D eigenvalue weighted by Gasteiger charge is 2.32. The number of ether oxygens (including phenoxy) is 2. The standard InChI is InChI=1S/C15H22N2O2/c1-10-7-13(19-6)11(8-12(10)18-5)14(17-4)15(2,3)9-16/h7-8,14,17H,1-6H3. The van der Waals surface area contributed by atoms with Crippen LogP contribution in [-0.4, -0.2) is 21.3 Å². The van der Waals surface area contributed by atoms with E-state index in [-0.39, 0.29) is 6.04 Å². The molecule has 1 aromatic rings. The van der Waals surface area contributed by atoms with Gasteiger partial charge in [-0.1, -0.05) is 0 Å². The molecule has 0 saturated carbocycles. The predicted molar refractivity (Wildman–Crippen MR) is 75.5 cm³/mol. The molecule has 0 aliphatic heterocycles. The van der Waals surface area contributed by atoms with E-state index in [9.17, 15) is 5.26 Å². The van der Waals surface area contributed by atoms with Crippen LogP contribution in [0.2, 0.25) is 0 Å². The number of benzene rings is 1. The Morgan fingerprint density at radius 2 is 1.79 bits per heavy atom. The minimum atomic E-state index is -0.553. The van der Waals surface area contributed by atoms with Crippen molar-refractivity contribution < 1.29 is 9.47 Å². The summed E-state index contributed by atoms with van der Waals surface area (Å²) in [7, 11) is 5.12. The zero-order valence-electron chi connectivity index (χ0n) is 12.5. The van der Waals surface area contributed by atoms with E-state index in [4.69, 9.17) is 9.47 Å². The molecule has 0 radical (unpaired) electrons. The predicted octanol–water partition coefficient (Wildman–Crippen LogP) is 2.82. The first kappa shape index (κ1) is 15.3. The summed E-state index contributed by atoms with van der Waals surface area (Å²) in [6.07, 6.45) is 0. The van der Waals surface area contributed by atoms with Crippen LogP contribution in [0.15, 0.2) is 12.1 Å². The first-order valence-corrected chi connectivity index (χ1v) is 6.22. The van der Waals surface area contributed by atoms with Crippen molar-refractivity contribution in [1.29, 1.82) is 5.26 Å². The van der Waals surface area contributed by atoms with Crippen molar-refractivity contribution in [2.45, 2.75) is 26.8 Å². The van der Waals surface area contributed by atoms with E-state index in [1.807, 2.05) is 40.0 Å². The van der Waals surface area contributed by atoms with E-state index in [0.717, 1.165) is 22.6 Å². The first-order valence-electron chi connectivity index (χ1n) is 6.22. The molecule has 0 bridgehead atoms. The number of nitriles is 1. The number of rotatable bonds is 5. The summed E-state index contributed by atoms with van der Waals surface area (Å²) in [5.41, 5.74) is 1.38. The van der Waals surface area contributed by atoms with Crippen molar-refractivity contribution in [3.63, 3.8) is 0 Å². The van der Waals surface area contributed by atoms with Gasteiger partial charge in [-0.3, -0.25) is 0 Å². The van der Waals surface area contributed by atoms with Crippen LogP contribution < -0.4 is 14.8 Å². The summed E-state index contributed by atoms with van der Waals surface area (Å²) in [5, 5.41) is 12.5. The number of hydrogen-bond donors (Lipinski definition) is 1. The van der Waals surface area contributed by atoms with E-state index in [0.29, 0.717) is 0 Å². The van der Waals surface area contributed by atoms with Gasteiger partial charge < -0.3 is 14.8 Å². The van der Waals surface area contributed by atoms with E-state index in [2.05, 4.69) is 11.4 Å². The van der Waals surface area contributed by atoms with Gasteiger partial charge in [-0.25, -0.2) is 0 Å². The zero-order valence-corrected chi connectivity index (χ0v) is 12.5. The maximum absolute atomic E-state index is 9.34. The summed E-state index contributed by atoms with van der Waals surface area (Å²) in [6.45, 7) is 5.77. The summed E-state index contributed by atoms with van der Waals surface area (Å²) in [6, 6.07) is 6.07. The third kappa shape index (κ3) is 2.99. The molecule has 1 atom stereocenters. The molecule has 0 spiro atoms. The van der Waals surface area contributed by atoms with E-state index < -0.39 is 5.41 Å². The van der Waals surface area contributed by atoms with Gasteiger partial charge >= 0.3 is 0 Å². The average Bonchev–Trinajstić information content (AvgIpc) is 2.40. The molecule has 19 heavy (non-hydrogen) atoms. The monoisotopic (exact) mass is 262 g/mol. The molecular formula is C15H22N2O2. The Morgan fingerprint density at radius 1 is 1.21 bits per heavy atom. The van der Waals surface area contributed by atoms with Gasteiger partial charge in [0, 0.05) is 5.56 Å². The molecule has 1 rings (SSSR count). The van der Waals surface area contributed by atoms with Gasteiger partial charge in [0.2, 0.25) is 0 Å². The van der Waals surface area contributed by atoms with Gasteiger partial charge in [-0.2, -0.15) is 5.26 Å². The second-order valence-electron chi connectivity index (χ2n) is 5.12. The molecule has 0 aromatic heterocycles. The van der Waals surface area contributed by atoms with Crippen LogP contribution >= 0.6 is 0 Å². The van der Waals surface area contributed by atoms with Crippen LogP contribution in [0.3, 0.4) is 0 Å². The molecule has 0 amide bonds. The highest BCUT2D eigenvalue weighted by Crippen LogP contribution is 2.40. The highest BCUT2D eigenvalue weighted by atomic mass is 16.5. The largest absolute Gasteiger partial charge is 0.496 e. The van der Waals surface area contributed by atoms with Crippen LogP contribution in [-0.2, 0) is 0 Å². The van der Waals surface area contributed by atoms with E-state index >= 15 is 0 Å². The third-order valence-corrected chi connectivity index (χ3v) is 3.36. The average molecular weight is 262 g/mol. The van der Waals surface area contributed by atoms with E-state index in [1.165, 1.54) is 0 Å². The molecule has 104 valence electrons. The van der Waals surface area contributed by atoms with Crippen molar-refractivity contribution in [2.75, 3.05) is 21.3 Å². The van der Waals surface area contributed by atoms with Gasteiger partial charge in [0.25, 0.3) is 0 Å². The number of aryl methyl sites for hydroxylation is 1. The van der Waals surface area contributed by atoms with Crippen LogP contribution in [0.4, 0.5) is 0 Å². The van der Waals surface area contributed by atoms with Crippen molar-refractivity contribution in [2.24, 2.45) is 5.41 Å². The number of nitrogens with zero attached hydrogens (tertiary/aromatic N) is 1. The minimum Gasteiger partial charge on any atom is -0.496 e. The Labute approximate surface area is 115 Å². The fourth-order valence-corrected chi connectivity index (χ4v) is 2.27. The number of nitrogens with one attached hydrogen (secondary N) is 1. The molecule has 0 saturated heterocycles. The van der Waals surface area contributed by atoms with Gasteiger partial charge in [0.15, 0.2) is 0 Å². The summed E-state index contributed by atoms with van der Waals surface area (Å²) in [4.78, 5) is 0. The molecule has 1 N–H and O–H groups in total.